The fraction of sp³-hybridized carbons (Fsp3) is 0.333. The Morgan fingerprint density at radius 2 is 1.58 bits per heavy atom. The van der Waals surface area contributed by atoms with Gasteiger partial charge in [-0.3, -0.25) is 9.69 Å². The number of aromatic amines is 1. The van der Waals surface area contributed by atoms with Gasteiger partial charge in [-0.1, -0.05) is 23.7 Å². The number of hydrogen-bond acceptors (Lipinski definition) is 6. The Kier molecular flexibility index (Phi) is 9.67. The third-order valence-electron chi connectivity index (χ3n) is 8.77. The molecule has 266 valence electrons. The van der Waals surface area contributed by atoms with E-state index >= 15 is 0 Å². The van der Waals surface area contributed by atoms with E-state index in [1.807, 2.05) is 0 Å². The fourth-order valence-electron chi connectivity index (χ4n) is 6.21. The first-order chi connectivity index (χ1) is 23.5. The monoisotopic (exact) mass is 742 g/mol. The van der Waals surface area contributed by atoms with Crippen LogP contribution >= 0.6 is 11.6 Å². The van der Waals surface area contributed by atoms with Crippen molar-refractivity contribution < 1.29 is 49.1 Å². The number of halogens is 7. The third kappa shape index (κ3) is 7.48. The summed E-state index contributed by atoms with van der Waals surface area (Å²) in [4.78, 5) is 30.1. The summed E-state index contributed by atoms with van der Waals surface area (Å²) >= 11 is 5.88. The Labute approximate surface area is 287 Å². The number of hydrogen-bond donors (Lipinski definition) is 2. The number of nitrogens with zero attached hydrogens (tertiary/aromatic N) is 2. The smallest absolute Gasteiger partial charge is 0.435 e. The van der Waals surface area contributed by atoms with Gasteiger partial charge in [0.2, 0.25) is 10.0 Å². The number of nitrogens with one attached hydrogen (secondary N) is 2. The van der Waals surface area contributed by atoms with Crippen LogP contribution in [0.4, 0.5) is 26.3 Å². The summed E-state index contributed by atoms with van der Waals surface area (Å²) in [5, 5.41) is 3.63. The Hall–Kier alpha value is -4.12. The molecule has 1 atom stereocenters. The van der Waals surface area contributed by atoms with Crippen LogP contribution in [0, 0.1) is 0 Å². The number of ether oxygens (including phenoxy) is 1. The lowest BCUT2D eigenvalue weighted by atomic mass is 9.99. The first-order valence-electron chi connectivity index (χ1n) is 15.4. The van der Waals surface area contributed by atoms with Crippen LogP contribution in [-0.4, -0.2) is 66.3 Å². The van der Waals surface area contributed by atoms with Gasteiger partial charge in [0, 0.05) is 71.4 Å². The van der Waals surface area contributed by atoms with E-state index in [0.717, 1.165) is 12.1 Å². The highest BCUT2D eigenvalue weighted by Crippen LogP contribution is 2.39. The van der Waals surface area contributed by atoms with Crippen LogP contribution in [0.5, 0.6) is 0 Å². The molecule has 2 aliphatic heterocycles. The number of H-pyrrole nitrogens is 1. The molecular formula is C33H29ClF6N4O5S. The van der Waals surface area contributed by atoms with Gasteiger partial charge in [-0.15, -0.1) is 0 Å². The van der Waals surface area contributed by atoms with E-state index in [0.29, 0.717) is 40.0 Å². The number of esters is 1. The van der Waals surface area contributed by atoms with E-state index in [1.165, 1.54) is 57.7 Å². The molecule has 0 radical (unpaired) electrons. The van der Waals surface area contributed by atoms with Crippen LogP contribution in [0.15, 0.2) is 71.6 Å². The third-order valence-corrected chi connectivity index (χ3v) is 10.9. The summed E-state index contributed by atoms with van der Waals surface area (Å²) in [6.45, 7) is 0.283. The fourth-order valence-corrected chi connectivity index (χ4v) is 7.80. The maximum atomic E-state index is 13.4. The van der Waals surface area contributed by atoms with E-state index < -0.39 is 46.0 Å². The van der Waals surface area contributed by atoms with Crippen molar-refractivity contribution in [3.8, 4) is 0 Å². The lowest BCUT2D eigenvalue weighted by Gasteiger charge is -2.35. The average molecular weight is 743 g/mol. The Morgan fingerprint density at radius 1 is 0.920 bits per heavy atom. The van der Waals surface area contributed by atoms with Gasteiger partial charge < -0.3 is 15.0 Å². The highest BCUT2D eigenvalue weighted by atomic mass is 35.5. The van der Waals surface area contributed by atoms with Crippen LogP contribution in [-0.2, 0) is 38.7 Å². The largest absolute Gasteiger partial charge is 0.490 e. The van der Waals surface area contributed by atoms with Crippen molar-refractivity contribution in [2.45, 2.75) is 55.3 Å². The van der Waals surface area contributed by atoms with Crippen molar-refractivity contribution in [2.24, 2.45) is 0 Å². The molecule has 9 nitrogen and oxygen atoms in total. The van der Waals surface area contributed by atoms with Crippen molar-refractivity contribution in [2.75, 3.05) is 19.6 Å². The second-order valence-electron chi connectivity index (χ2n) is 12.1. The Morgan fingerprint density at radius 3 is 2.20 bits per heavy atom. The minimum Gasteiger partial charge on any atom is -0.435 e. The molecule has 1 unspecified atom stereocenters. The number of sulfonamides is 1. The molecule has 1 saturated heterocycles. The predicted molar refractivity (Wildman–Crippen MR) is 169 cm³/mol. The zero-order valence-corrected chi connectivity index (χ0v) is 27.5. The van der Waals surface area contributed by atoms with E-state index in [9.17, 15) is 44.3 Å². The van der Waals surface area contributed by atoms with Crippen LogP contribution in [0.25, 0.3) is 10.9 Å². The zero-order chi connectivity index (χ0) is 36.0. The zero-order valence-electron chi connectivity index (χ0n) is 25.9. The molecule has 0 aliphatic carbocycles. The molecule has 6 rings (SSSR count). The Bertz CT molecular complexity index is 2010. The molecule has 0 bridgehead atoms. The maximum Gasteiger partial charge on any atom is 0.490 e. The minimum atomic E-state index is -5.32. The van der Waals surface area contributed by atoms with Crippen LogP contribution < -0.4 is 5.32 Å². The number of fused-ring (bicyclic) bond motifs is 3. The predicted octanol–water partition coefficient (Wildman–Crippen LogP) is 6.59. The molecular weight excluding hydrogens is 714 g/mol. The van der Waals surface area contributed by atoms with Gasteiger partial charge in [0.1, 0.15) is 0 Å². The molecule has 3 aromatic carbocycles. The van der Waals surface area contributed by atoms with Crippen molar-refractivity contribution in [1.29, 1.82) is 0 Å². The van der Waals surface area contributed by atoms with Crippen LogP contribution in [0.2, 0.25) is 5.02 Å². The number of carbonyl (C=O) groups is 2. The summed E-state index contributed by atoms with van der Waals surface area (Å²) < 4.78 is 112. The number of benzene rings is 3. The molecule has 1 aromatic heterocycles. The van der Waals surface area contributed by atoms with Gasteiger partial charge in [-0.05, 0) is 73.0 Å². The second kappa shape index (κ2) is 13.5. The summed E-state index contributed by atoms with van der Waals surface area (Å²) in [6.07, 6.45) is -10.5. The molecule has 1 fully saturated rings. The maximum absolute atomic E-state index is 13.4. The van der Waals surface area contributed by atoms with Gasteiger partial charge in [0.15, 0.2) is 6.23 Å². The van der Waals surface area contributed by atoms with Gasteiger partial charge in [0.05, 0.1) is 10.5 Å². The van der Waals surface area contributed by atoms with Crippen molar-refractivity contribution in [3.05, 3.63) is 99.7 Å². The highest BCUT2D eigenvalue weighted by Gasteiger charge is 2.45. The summed E-state index contributed by atoms with van der Waals surface area (Å²) in [7, 11) is -3.76. The number of amides is 1. The first kappa shape index (κ1) is 35.7. The molecule has 2 aliphatic rings. The normalized spacial score (nSPS) is 18.2. The van der Waals surface area contributed by atoms with Crippen LogP contribution in [0.3, 0.4) is 0 Å². The lowest BCUT2D eigenvalue weighted by Crippen LogP contribution is -2.46. The van der Waals surface area contributed by atoms with Gasteiger partial charge in [0.25, 0.3) is 5.91 Å². The molecule has 0 saturated carbocycles. The van der Waals surface area contributed by atoms with Crippen molar-refractivity contribution in [3.63, 3.8) is 0 Å². The molecule has 0 spiro atoms. The summed E-state index contributed by atoms with van der Waals surface area (Å²) in [5.74, 6) is -2.94. The Balaban J connectivity index is 1.21. The quantitative estimate of drug-likeness (QED) is 0.164. The first-order valence-corrected chi connectivity index (χ1v) is 17.2. The van der Waals surface area contributed by atoms with E-state index in [1.54, 1.807) is 6.07 Å². The SMILES string of the molecule is O=C(NC1CCN(S(=O)(=O)c2ccc(Cl)cc2)CC1)c1ccc2[nH]c3c(c2c1)C(OC(=O)C(F)(F)F)N(Cc1ccc(C(F)(F)F)cc1)CC3. The number of rotatable bonds is 7. The second-order valence-corrected chi connectivity index (χ2v) is 14.4. The van der Waals surface area contributed by atoms with Gasteiger partial charge >= 0.3 is 18.3 Å². The lowest BCUT2D eigenvalue weighted by molar-refractivity contribution is -0.215. The standard InChI is InChI=1S/C33H29ClF6N4O5S/c34-22-6-8-24(9-7-22)50(47,48)44-15-11-23(12-16-44)41-29(45)20-3-10-26-25(17-20)28-27(42-26)13-14-43(30(28)49-31(46)33(38,39)40)18-19-1-4-21(5-2-19)32(35,36)37/h1-10,17,23,30,42H,11-16,18H2,(H,41,45). The number of alkyl halides is 6. The van der Waals surface area contributed by atoms with Crippen molar-refractivity contribution >= 4 is 44.4 Å². The number of aromatic nitrogens is 1. The van der Waals surface area contributed by atoms with E-state index in [-0.39, 0.29) is 54.7 Å². The van der Waals surface area contributed by atoms with E-state index in [4.69, 9.17) is 16.3 Å². The molecule has 50 heavy (non-hydrogen) atoms. The van der Waals surface area contributed by atoms with Gasteiger partial charge in [-0.25, -0.2) is 13.2 Å². The van der Waals surface area contributed by atoms with E-state index in [2.05, 4.69) is 10.3 Å². The van der Waals surface area contributed by atoms with Gasteiger partial charge in [-0.2, -0.15) is 30.6 Å². The minimum absolute atomic E-state index is 0.102. The average Bonchev–Trinajstić information content (AvgIpc) is 3.44. The molecule has 4 aromatic rings. The summed E-state index contributed by atoms with van der Waals surface area (Å²) in [6, 6.07) is 14.1. The molecule has 2 N–H and O–H groups in total. The number of piperidine rings is 1. The molecule has 1 amide bonds. The highest BCUT2D eigenvalue weighted by molar-refractivity contribution is 7.89. The molecule has 17 heteroatoms. The van der Waals surface area contributed by atoms with Crippen LogP contribution in [0.1, 0.15) is 51.8 Å². The molecule has 3 heterocycles. The summed E-state index contributed by atoms with van der Waals surface area (Å²) in [5.41, 5.74) is 0.772. The van der Waals surface area contributed by atoms with Crippen molar-refractivity contribution in [1.82, 2.24) is 19.5 Å². The topological polar surface area (TPSA) is 112 Å². The number of carbonyl (C=O) groups excluding carboxylic acids is 2.